The molecule has 0 bridgehead atoms. The minimum Gasteiger partial charge on any atom is -0.383 e. The van der Waals surface area contributed by atoms with Crippen molar-refractivity contribution >= 4 is 17.0 Å². The zero-order valence-corrected chi connectivity index (χ0v) is 15.8. The number of rotatable bonds is 2. The Morgan fingerprint density at radius 3 is 2.96 bits per heavy atom. The molecule has 0 atom stereocenters. The minimum absolute atomic E-state index is 0.0131. The van der Waals surface area contributed by atoms with Gasteiger partial charge in [-0.15, -0.1) is 0 Å². The lowest BCUT2D eigenvalue weighted by molar-refractivity contribution is -0.112. The third-order valence-electron chi connectivity index (χ3n) is 5.87. The quantitative estimate of drug-likeness (QED) is 0.759. The second-order valence-corrected chi connectivity index (χ2v) is 7.66. The maximum absolute atomic E-state index is 14.9. The topological polar surface area (TPSA) is 42.0 Å². The van der Waals surface area contributed by atoms with E-state index in [1.807, 2.05) is 30.5 Å². The van der Waals surface area contributed by atoms with Gasteiger partial charge < -0.3 is 5.32 Å². The SMILES string of the molecule is Cc1c(-c2cc(F)c3c(c2)/C(=C/C2=CC=CC2)C(=O)C3)cnc2c1NCCC2. The summed E-state index contributed by atoms with van der Waals surface area (Å²) in [4.78, 5) is 17.2. The van der Waals surface area contributed by atoms with Crippen molar-refractivity contribution in [2.24, 2.45) is 0 Å². The van der Waals surface area contributed by atoms with Gasteiger partial charge in [0.1, 0.15) is 5.82 Å². The number of nitrogens with zero attached hydrogens (tertiary/aromatic N) is 1. The van der Waals surface area contributed by atoms with Crippen molar-refractivity contribution in [3.8, 4) is 11.1 Å². The number of fused-ring (bicyclic) bond motifs is 2. The highest BCUT2D eigenvalue weighted by molar-refractivity contribution is 6.26. The molecule has 1 aromatic carbocycles. The number of halogens is 1. The molecule has 3 nitrogen and oxygen atoms in total. The molecule has 5 rings (SSSR count). The molecule has 4 heteroatoms. The maximum Gasteiger partial charge on any atom is 0.167 e. The van der Waals surface area contributed by atoms with Gasteiger partial charge in [0.2, 0.25) is 0 Å². The van der Waals surface area contributed by atoms with Gasteiger partial charge in [-0.05, 0) is 66.7 Å². The number of carbonyl (C=O) groups is 1. The van der Waals surface area contributed by atoms with E-state index in [1.54, 1.807) is 6.07 Å². The fraction of sp³-hybridized carbons (Fsp3) is 0.250. The number of Topliss-reactive ketones (excluding diaryl/α,β-unsaturated/α-hetero) is 1. The van der Waals surface area contributed by atoms with Crippen LogP contribution in [-0.2, 0) is 17.6 Å². The summed E-state index contributed by atoms with van der Waals surface area (Å²) in [6, 6.07) is 3.50. The highest BCUT2D eigenvalue weighted by Crippen LogP contribution is 2.39. The highest BCUT2D eigenvalue weighted by Gasteiger charge is 2.29. The lowest BCUT2D eigenvalue weighted by Gasteiger charge is -2.21. The number of hydrogen-bond donors (Lipinski definition) is 1. The number of anilines is 1. The Morgan fingerprint density at radius 1 is 1.25 bits per heavy atom. The molecule has 1 aromatic heterocycles. The predicted octanol–water partition coefficient (Wildman–Crippen LogP) is 4.95. The molecular formula is C24H21FN2O. The standard InChI is InChI=1S/C24H21FN2O/c1-14-20(13-27-22-7-4-8-26-24(14)22)16-10-17-18(21(25)11-16)12-23(28)19(17)9-15-5-2-3-6-15/h2-3,5,9-11,13,26H,4,6-8,12H2,1H3/b19-9-. The van der Waals surface area contributed by atoms with E-state index in [9.17, 15) is 9.18 Å². The lowest BCUT2D eigenvalue weighted by Crippen LogP contribution is -2.14. The molecule has 0 saturated heterocycles. The average molecular weight is 372 g/mol. The van der Waals surface area contributed by atoms with Crippen LogP contribution in [0.25, 0.3) is 16.7 Å². The first-order valence-electron chi connectivity index (χ1n) is 9.78. The van der Waals surface area contributed by atoms with Gasteiger partial charge in [0.25, 0.3) is 0 Å². The summed E-state index contributed by atoms with van der Waals surface area (Å²) in [5.41, 5.74) is 7.84. The molecule has 0 unspecified atom stereocenters. The number of aromatic nitrogens is 1. The number of nitrogens with one attached hydrogen (secondary N) is 1. The zero-order valence-electron chi connectivity index (χ0n) is 15.8. The smallest absolute Gasteiger partial charge is 0.167 e. The minimum atomic E-state index is -0.312. The van der Waals surface area contributed by atoms with Crippen molar-refractivity contribution < 1.29 is 9.18 Å². The van der Waals surface area contributed by atoms with Gasteiger partial charge in [0.05, 0.1) is 11.4 Å². The van der Waals surface area contributed by atoms with Crippen LogP contribution in [-0.4, -0.2) is 17.3 Å². The highest BCUT2D eigenvalue weighted by atomic mass is 19.1. The molecule has 28 heavy (non-hydrogen) atoms. The monoisotopic (exact) mass is 372 g/mol. The molecule has 2 heterocycles. The Hall–Kier alpha value is -3.01. The summed E-state index contributed by atoms with van der Waals surface area (Å²) in [5.74, 6) is -0.325. The fourth-order valence-electron chi connectivity index (χ4n) is 4.37. The average Bonchev–Trinajstić information content (AvgIpc) is 3.32. The molecule has 1 aliphatic heterocycles. The summed E-state index contributed by atoms with van der Waals surface area (Å²) in [6.45, 7) is 2.98. The van der Waals surface area contributed by atoms with Crippen LogP contribution in [0.2, 0.25) is 0 Å². The zero-order chi connectivity index (χ0) is 19.3. The van der Waals surface area contributed by atoms with Crippen molar-refractivity contribution in [3.63, 3.8) is 0 Å². The maximum atomic E-state index is 14.9. The molecule has 0 fully saturated rings. The van der Waals surface area contributed by atoms with E-state index in [4.69, 9.17) is 0 Å². The number of pyridine rings is 1. The van der Waals surface area contributed by atoms with E-state index < -0.39 is 0 Å². The Morgan fingerprint density at radius 2 is 2.14 bits per heavy atom. The molecule has 3 aliphatic rings. The Bertz CT molecular complexity index is 1110. The summed E-state index contributed by atoms with van der Waals surface area (Å²) >= 11 is 0. The van der Waals surface area contributed by atoms with Crippen molar-refractivity contribution in [2.75, 3.05) is 11.9 Å². The lowest BCUT2D eigenvalue weighted by atomic mass is 9.94. The first-order valence-corrected chi connectivity index (χ1v) is 9.78. The van der Waals surface area contributed by atoms with Crippen molar-refractivity contribution in [1.82, 2.24) is 4.98 Å². The van der Waals surface area contributed by atoms with E-state index in [0.717, 1.165) is 65.0 Å². The molecule has 2 aliphatic carbocycles. The summed E-state index contributed by atoms with van der Waals surface area (Å²) in [6.07, 6.45) is 12.8. The van der Waals surface area contributed by atoms with Gasteiger partial charge in [-0.3, -0.25) is 9.78 Å². The molecule has 2 aromatic rings. The number of aryl methyl sites for hydroxylation is 1. The second kappa shape index (κ2) is 6.55. The Labute approximate surface area is 163 Å². The molecule has 0 radical (unpaired) electrons. The van der Waals surface area contributed by atoms with Crippen LogP contribution in [0.3, 0.4) is 0 Å². The van der Waals surface area contributed by atoms with Gasteiger partial charge in [0.15, 0.2) is 5.78 Å². The summed E-state index contributed by atoms with van der Waals surface area (Å²) in [7, 11) is 0. The number of allylic oxidation sites excluding steroid dienone is 6. The van der Waals surface area contributed by atoms with Crippen LogP contribution in [0.5, 0.6) is 0 Å². The first-order chi connectivity index (χ1) is 13.6. The third kappa shape index (κ3) is 2.71. The molecular weight excluding hydrogens is 351 g/mol. The summed E-state index contributed by atoms with van der Waals surface area (Å²) < 4.78 is 14.9. The van der Waals surface area contributed by atoms with E-state index in [-0.39, 0.29) is 18.0 Å². The van der Waals surface area contributed by atoms with Crippen molar-refractivity contribution in [3.05, 3.63) is 76.4 Å². The van der Waals surface area contributed by atoms with Crippen molar-refractivity contribution in [2.45, 2.75) is 32.6 Å². The second-order valence-electron chi connectivity index (χ2n) is 7.66. The molecule has 140 valence electrons. The Kier molecular flexibility index (Phi) is 4.00. The van der Waals surface area contributed by atoms with Gasteiger partial charge in [-0.25, -0.2) is 4.39 Å². The van der Waals surface area contributed by atoms with Gasteiger partial charge in [0, 0.05) is 35.9 Å². The van der Waals surface area contributed by atoms with E-state index in [0.29, 0.717) is 11.1 Å². The molecule has 1 N–H and O–H groups in total. The molecule has 0 spiro atoms. The normalized spacial score (nSPS) is 18.9. The predicted molar refractivity (Wildman–Crippen MR) is 110 cm³/mol. The van der Waals surface area contributed by atoms with E-state index in [1.165, 1.54) is 0 Å². The van der Waals surface area contributed by atoms with Crippen LogP contribution in [0, 0.1) is 12.7 Å². The van der Waals surface area contributed by atoms with Crippen LogP contribution in [0.15, 0.2) is 48.2 Å². The van der Waals surface area contributed by atoms with Gasteiger partial charge in [-0.2, -0.15) is 0 Å². The van der Waals surface area contributed by atoms with Gasteiger partial charge in [-0.1, -0.05) is 18.2 Å². The number of hydrogen-bond acceptors (Lipinski definition) is 3. The summed E-state index contributed by atoms with van der Waals surface area (Å²) in [5, 5.41) is 3.44. The number of ketones is 1. The van der Waals surface area contributed by atoms with Gasteiger partial charge >= 0.3 is 0 Å². The number of carbonyl (C=O) groups excluding carboxylic acids is 1. The first kappa shape index (κ1) is 17.1. The number of benzene rings is 1. The van der Waals surface area contributed by atoms with Crippen LogP contribution >= 0.6 is 0 Å². The largest absolute Gasteiger partial charge is 0.383 e. The fourth-order valence-corrected chi connectivity index (χ4v) is 4.37. The Balaban J connectivity index is 1.63. The van der Waals surface area contributed by atoms with E-state index >= 15 is 0 Å². The van der Waals surface area contributed by atoms with E-state index in [2.05, 4.69) is 23.3 Å². The molecule has 0 amide bonds. The van der Waals surface area contributed by atoms with Crippen LogP contribution in [0.4, 0.5) is 10.1 Å². The van der Waals surface area contributed by atoms with Crippen LogP contribution in [0.1, 0.15) is 35.2 Å². The van der Waals surface area contributed by atoms with Crippen molar-refractivity contribution in [1.29, 1.82) is 0 Å². The third-order valence-corrected chi connectivity index (χ3v) is 5.87. The van der Waals surface area contributed by atoms with Crippen LogP contribution < -0.4 is 5.32 Å². The molecule has 0 saturated carbocycles.